The Morgan fingerprint density at radius 1 is 1.38 bits per heavy atom. The van der Waals surface area contributed by atoms with E-state index in [-0.39, 0.29) is 12.5 Å². The summed E-state index contributed by atoms with van der Waals surface area (Å²) in [7, 11) is 0. The topological polar surface area (TPSA) is 38.7 Å². The quantitative estimate of drug-likeness (QED) is 0.867. The Hall–Kier alpha value is -0.930. The maximum atomic E-state index is 9.34. The third-order valence-electron chi connectivity index (χ3n) is 2.65. The Balaban J connectivity index is 2.60. The van der Waals surface area contributed by atoms with Crippen LogP contribution in [0.3, 0.4) is 0 Å². The van der Waals surface area contributed by atoms with Gasteiger partial charge < -0.3 is 14.6 Å². The van der Waals surface area contributed by atoms with E-state index in [1.807, 2.05) is 19.9 Å². The second-order valence-corrected chi connectivity index (χ2v) is 4.48. The first-order valence-corrected chi connectivity index (χ1v) is 5.74. The van der Waals surface area contributed by atoms with E-state index in [4.69, 9.17) is 21.1 Å². The third-order valence-corrected chi connectivity index (χ3v) is 3.02. The van der Waals surface area contributed by atoms with E-state index in [1.165, 1.54) is 0 Å². The molecule has 0 saturated heterocycles. The minimum atomic E-state index is -0.0378. The fourth-order valence-corrected chi connectivity index (χ4v) is 2.45. The second kappa shape index (κ2) is 4.52. The highest BCUT2D eigenvalue weighted by atomic mass is 35.5. The van der Waals surface area contributed by atoms with Gasteiger partial charge in [0, 0.05) is 0 Å². The molecule has 1 aromatic carbocycles. The van der Waals surface area contributed by atoms with Crippen LogP contribution in [0.15, 0.2) is 6.07 Å². The summed E-state index contributed by atoms with van der Waals surface area (Å²) in [5, 5.41) is 9.90. The van der Waals surface area contributed by atoms with Crippen molar-refractivity contribution in [3.05, 3.63) is 22.2 Å². The highest BCUT2D eigenvalue weighted by molar-refractivity contribution is 6.33. The molecule has 1 N–H and O–H groups in total. The first-order valence-electron chi connectivity index (χ1n) is 5.37. The summed E-state index contributed by atoms with van der Waals surface area (Å²) >= 11 is 6.29. The standard InChI is InChI=1S/C12H15ClO3/c1-7(2)10-8(6-14)5-9-12(11(10)13)16-4-3-15-9/h5,7,14H,3-4,6H2,1-2H3. The minimum Gasteiger partial charge on any atom is -0.486 e. The predicted octanol–water partition coefficient (Wildman–Crippen LogP) is 2.73. The molecule has 2 rings (SSSR count). The number of benzene rings is 1. The lowest BCUT2D eigenvalue weighted by Gasteiger charge is -2.23. The molecule has 1 aromatic rings. The van der Waals surface area contributed by atoms with E-state index in [0.29, 0.717) is 29.7 Å². The number of aliphatic hydroxyl groups is 1. The van der Waals surface area contributed by atoms with Gasteiger partial charge in [-0.25, -0.2) is 0 Å². The fourth-order valence-electron chi connectivity index (χ4n) is 1.97. The lowest BCUT2D eigenvalue weighted by Crippen LogP contribution is -2.17. The van der Waals surface area contributed by atoms with Gasteiger partial charge >= 0.3 is 0 Å². The normalized spacial score (nSPS) is 14.3. The summed E-state index contributed by atoms with van der Waals surface area (Å²) in [6.07, 6.45) is 0. The van der Waals surface area contributed by atoms with Crippen LogP contribution in [0.2, 0.25) is 5.02 Å². The van der Waals surface area contributed by atoms with E-state index < -0.39 is 0 Å². The van der Waals surface area contributed by atoms with Crippen molar-refractivity contribution in [2.24, 2.45) is 0 Å². The first-order chi connectivity index (χ1) is 7.65. The summed E-state index contributed by atoms with van der Waals surface area (Å²) < 4.78 is 11.0. The van der Waals surface area contributed by atoms with E-state index in [2.05, 4.69) is 0 Å². The van der Waals surface area contributed by atoms with E-state index in [1.54, 1.807) is 0 Å². The van der Waals surface area contributed by atoms with Gasteiger partial charge in [0.15, 0.2) is 11.5 Å². The van der Waals surface area contributed by atoms with Crippen molar-refractivity contribution in [1.82, 2.24) is 0 Å². The second-order valence-electron chi connectivity index (χ2n) is 4.10. The average Bonchev–Trinajstić information content (AvgIpc) is 2.28. The Labute approximate surface area is 99.9 Å². The summed E-state index contributed by atoms with van der Waals surface area (Å²) in [6.45, 7) is 5.08. The zero-order chi connectivity index (χ0) is 11.7. The number of rotatable bonds is 2. The maximum Gasteiger partial charge on any atom is 0.180 e. The third kappa shape index (κ3) is 1.85. The van der Waals surface area contributed by atoms with Crippen molar-refractivity contribution in [3.8, 4) is 11.5 Å². The molecule has 3 nitrogen and oxygen atoms in total. The van der Waals surface area contributed by atoms with Crippen molar-refractivity contribution in [3.63, 3.8) is 0 Å². The molecule has 88 valence electrons. The molecule has 1 aliphatic rings. The van der Waals surface area contributed by atoms with Gasteiger partial charge in [-0.1, -0.05) is 25.4 Å². The van der Waals surface area contributed by atoms with Crippen molar-refractivity contribution in [2.45, 2.75) is 26.4 Å². The van der Waals surface area contributed by atoms with E-state index >= 15 is 0 Å². The first kappa shape index (κ1) is 11.6. The van der Waals surface area contributed by atoms with Gasteiger partial charge in [0.1, 0.15) is 13.2 Å². The molecule has 16 heavy (non-hydrogen) atoms. The molecule has 1 heterocycles. The van der Waals surface area contributed by atoms with Crippen LogP contribution >= 0.6 is 11.6 Å². The summed E-state index contributed by atoms with van der Waals surface area (Å²) in [6, 6.07) is 1.82. The monoisotopic (exact) mass is 242 g/mol. The number of hydrogen-bond acceptors (Lipinski definition) is 3. The molecule has 0 aliphatic carbocycles. The molecule has 0 fully saturated rings. The van der Waals surface area contributed by atoms with Gasteiger partial charge in [-0.3, -0.25) is 0 Å². The average molecular weight is 243 g/mol. The predicted molar refractivity (Wildman–Crippen MR) is 62.5 cm³/mol. The van der Waals surface area contributed by atoms with Crippen molar-refractivity contribution in [1.29, 1.82) is 0 Å². The molecule has 0 spiro atoms. The van der Waals surface area contributed by atoms with Gasteiger partial charge in [-0.05, 0) is 23.1 Å². The SMILES string of the molecule is CC(C)c1c(CO)cc2c(c1Cl)OCCO2. The van der Waals surface area contributed by atoms with Gasteiger partial charge in [0.2, 0.25) is 0 Å². The molecule has 0 unspecified atom stereocenters. The largest absolute Gasteiger partial charge is 0.486 e. The van der Waals surface area contributed by atoms with Gasteiger partial charge in [-0.2, -0.15) is 0 Å². The van der Waals surface area contributed by atoms with Crippen LogP contribution in [-0.2, 0) is 6.61 Å². The number of aliphatic hydroxyl groups excluding tert-OH is 1. The van der Waals surface area contributed by atoms with Crippen LogP contribution in [0.1, 0.15) is 30.9 Å². The lowest BCUT2D eigenvalue weighted by atomic mass is 9.96. The number of halogens is 1. The smallest absolute Gasteiger partial charge is 0.180 e. The molecule has 0 radical (unpaired) electrons. The molecule has 0 atom stereocenters. The molecule has 0 bridgehead atoms. The highest BCUT2D eigenvalue weighted by Crippen LogP contribution is 2.43. The van der Waals surface area contributed by atoms with Crippen LogP contribution < -0.4 is 9.47 Å². The summed E-state index contributed by atoms with van der Waals surface area (Å²) in [4.78, 5) is 0. The summed E-state index contributed by atoms with van der Waals surface area (Å²) in [5.74, 6) is 1.48. The Bertz CT molecular complexity index is 402. The molecule has 1 aliphatic heterocycles. The van der Waals surface area contributed by atoms with Crippen molar-refractivity contribution < 1.29 is 14.6 Å². The van der Waals surface area contributed by atoms with Crippen molar-refractivity contribution in [2.75, 3.05) is 13.2 Å². The van der Waals surface area contributed by atoms with Crippen LogP contribution in [0.25, 0.3) is 0 Å². The minimum absolute atomic E-state index is 0.0378. The van der Waals surface area contributed by atoms with E-state index in [9.17, 15) is 5.11 Å². The highest BCUT2D eigenvalue weighted by Gasteiger charge is 2.22. The van der Waals surface area contributed by atoms with Gasteiger partial charge in [0.25, 0.3) is 0 Å². The molecular formula is C12H15ClO3. The van der Waals surface area contributed by atoms with Gasteiger partial charge in [-0.15, -0.1) is 0 Å². The van der Waals surface area contributed by atoms with Gasteiger partial charge in [0.05, 0.1) is 11.6 Å². The zero-order valence-electron chi connectivity index (χ0n) is 9.42. The number of fused-ring (bicyclic) bond motifs is 1. The van der Waals surface area contributed by atoms with Crippen molar-refractivity contribution >= 4 is 11.6 Å². The summed E-state index contributed by atoms with van der Waals surface area (Å²) in [5.41, 5.74) is 1.75. The Kier molecular flexibility index (Phi) is 3.26. The number of hydrogen-bond donors (Lipinski definition) is 1. The Morgan fingerprint density at radius 2 is 2.06 bits per heavy atom. The maximum absolute atomic E-state index is 9.34. The lowest BCUT2D eigenvalue weighted by molar-refractivity contribution is 0.170. The number of ether oxygens (including phenoxy) is 2. The van der Waals surface area contributed by atoms with Crippen LogP contribution in [-0.4, -0.2) is 18.3 Å². The molecule has 0 aromatic heterocycles. The molecule has 0 saturated carbocycles. The zero-order valence-corrected chi connectivity index (χ0v) is 10.2. The molecule has 0 amide bonds. The van der Waals surface area contributed by atoms with Crippen LogP contribution in [0, 0.1) is 0 Å². The fraction of sp³-hybridized carbons (Fsp3) is 0.500. The molecule has 4 heteroatoms. The van der Waals surface area contributed by atoms with Crippen LogP contribution in [0.4, 0.5) is 0 Å². The molecular weight excluding hydrogens is 228 g/mol. The Morgan fingerprint density at radius 3 is 2.69 bits per heavy atom. The van der Waals surface area contributed by atoms with E-state index in [0.717, 1.165) is 11.1 Å². The van der Waals surface area contributed by atoms with Crippen LogP contribution in [0.5, 0.6) is 11.5 Å².